The largest absolute Gasteiger partial charge is 0.456 e. The number of benzene rings is 4. The molecular weight excluding hydrogens is 658 g/mol. The maximum atomic E-state index is 13.5. The quantitative estimate of drug-likeness (QED) is 0.123. The number of fused-ring (bicyclic) bond motifs is 1. The van der Waals surface area contributed by atoms with E-state index in [0.29, 0.717) is 60.6 Å². The van der Waals surface area contributed by atoms with Gasteiger partial charge < -0.3 is 30.2 Å². The highest BCUT2D eigenvalue weighted by Crippen LogP contribution is 2.31. The smallest absolute Gasteiger partial charge is 0.250 e. The number of likely N-dealkylation sites (tertiary alicyclic amines) is 1. The van der Waals surface area contributed by atoms with Crippen molar-refractivity contribution in [2.75, 3.05) is 30.3 Å². The summed E-state index contributed by atoms with van der Waals surface area (Å²) < 4.78 is 6.10. The topological polar surface area (TPSA) is 141 Å². The van der Waals surface area contributed by atoms with Crippen LogP contribution in [0, 0.1) is 0 Å². The second-order valence-electron chi connectivity index (χ2n) is 12.8. The number of furan rings is 1. The molecule has 2 heterocycles. The van der Waals surface area contributed by atoms with E-state index in [4.69, 9.17) is 4.42 Å². The minimum Gasteiger partial charge on any atom is -0.456 e. The van der Waals surface area contributed by atoms with E-state index in [-0.39, 0.29) is 36.6 Å². The van der Waals surface area contributed by atoms with Crippen LogP contribution in [0.5, 0.6) is 0 Å². The Kier molecular flexibility index (Phi) is 11.4. The first-order chi connectivity index (χ1) is 25.3. The van der Waals surface area contributed by atoms with Crippen LogP contribution < -0.4 is 16.0 Å². The molecule has 11 nitrogen and oxygen atoms in total. The maximum Gasteiger partial charge on any atom is 0.250 e. The van der Waals surface area contributed by atoms with Crippen molar-refractivity contribution in [3.05, 3.63) is 120 Å². The summed E-state index contributed by atoms with van der Waals surface area (Å²) in [5.74, 6) is -0.395. The standard InChI is InChI=1S/C41H41N5O6/c1-2-21-45(38(49)23-28-10-5-3-6-11-28)26-37(48)43-32-17-15-29(16-18-32)36-25-31-24-33(19-20-35(31)52-36)44-40(50)34-14-9-22-46(34)41(51)39(42-27-47)30-12-7-4-8-13-30/h3-8,10-13,15-20,24-25,27,34,39H,2,9,14,21-23,26H2,1H3,(H,42,47)(H,43,48)(H,44,50)/t34-,39+/m0/s1. The van der Waals surface area contributed by atoms with Gasteiger partial charge in [-0.05, 0) is 78.9 Å². The average molecular weight is 700 g/mol. The van der Waals surface area contributed by atoms with Crippen LogP contribution in [-0.4, -0.2) is 65.5 Å². The van der Waals surface area contributed by atoms with Crippen molar-refractivity contribution in [1.29, 1.82) is 0 Å². The Hall–Kier alpha value is -6.23. The first-order valence-corrected chi connectivity index (χ1v) is 17.4. The van der Waals surface area contributed by atoms with Crippen molar-refractivity contribution in [2.45, 2.75) is 44.7 Å². The molecule has 1 aliphatic heterocycles. The first kappa shape index (κ1) is 35.6. The molecule has 266 valence electrons. The number of hydrogen-bond donors (Lipinski definition) is 3. The normalized spacial score (nSPS) is 14.4. The average Bonchev–Trinajstić information content (AvgIpc) is 3.83. The summed E-state index contributed by atoms with van der Waals surface area (Å²) in [7, 11) is 0. The Balaban J connectivity index is 1.07. The van der Waals surface area contributed by atoms with Gasteiger partial charge in [-0.3, -0.25) is 24.0 Å². The van der Waals surface area contributed by atoms with Gasteiger partial charge in [-0.1, -0.05) is 67.6 Å². The zero-order valence-electron chi connectivity index (χ0n) is 28.9. The summed E-state index contributed by atoms with van der Waals surface area (Å²) in [6.07, 6.45) is 2.67. The minimum absolute atomic E-state index is 0.0373. The minimum atomic E-state index is -0.880. The SMILES string of the molecule is CCCN(CC(=O)Nc1ccc(-c2cc3cc(NC(=O)[C@@H]4CCCN4C(=O)[C@H](NC=O)c4ccccc4)ccc3o2)cc1)C(=O)Cc1ccccc1. The third-order valence-corrected chi connectivity index (χ3v) is 9.07. The molecule has 1 aromatic heterocycles. The van der Waals surface area contributed by atoms with Crippen LogP contribution >= 0.6 is 0 Å². The van der Waals surface area contributed by atoms with Gasteiger partial charge >= 0.3 is 0 Å². The predicted octanol–water partition coefficient (Wildman–Crippen LogP) is 5.94. The van der Waals surface area contributed by atoms with Crippen LogP contribution in [-0.2, 0) is 30.4 Å². The lowest BCUT2D eigenvalue weighted by molar-refractivity contribution is -0.139. The summed E-state index contributed by atoms with van der Waals surface area (Å²) in [6.45, 7) is 2.84. The number of nitrogens with one attached hydrogen (secondary N) is 3. The van der Waals surface area contributed by atoms with E-state index < -0.39 is 12.1 Å². The Morgan fingerprint density at radius 2 is 1.60 bits per heavy atom. The van der Waals surface area contributed by atoms with Gasteiger partial charge in [0.1, 0.15) is 23.4 Å². The van der Waals surface area contributed by atoms with Crippen LogP contribution in [0.1, 0.15) is 43.4 Å². The van der Waals surface area contributed by atoms with Crippen molar-refractivity contribution in [3.8, 4) is 11.3 Å². The van der Waals surface area contributed by atoms with E-state index in [1.54, 1.807) is 53.4 Å². The summed E-state index contributed by atoms with van der Waals surface area (Å²) in [4.78, 5) is 67.2. The molecule has 52 heavy (non-hydrogen) atoms. The van der Waals surface area contributed by atoms with Crippen molar-refractivity contribution in [1.82, 2.24) is 15.1 Å². The highest BCUT2D eigenvalue weighted by molar-refractivity contribution is 6.00. The summed E-state index contributed by atoms with van der Waals surface area (Å²) >= 11 is 0. The van der Waals surface area contributed by atoms with Crippen molar-refractivity contribution in [2.24, 2.45) is 0 Å². The molecule has 1 saturated heterocycles. The molecule has 11 heteroatoms. The lowest BCUT2D eigenvalue weighted by atomic mass is 10.1. The van der Waals surface area contributed by atoms with E-state index in [0.717, 1.165) is 22.9 Å². The fourth-order valence-electron chi connectivity index (χ4n) is 6.52. The maximum absolute atomic E-state index is 13.5. The van der Waals surface area contributed by atoms with E-state index in [2.05, 4.69) is 16.0 Å². The van der Waals surface area contributed by atoms with Crippen LogP contribution in [0.15, 0.2) is 114 Å². The fraction of sp³-hybridized carbons (Fsp3) is 0.244. The highest BCUT2D eigenvalue weighted by atomic mass is 16.3. The number of carbonyl (C=O) groups is 5. The van der Waals surface area contributed by atoms with Gasteiger partial charge in [-0.15, -0.1) is 0 Å². The molecule has 6 rings (SSSR count). The first-order valence-electron chi connectivity index (χ1n) is 17.4. The van der Waals surface area contributed by atoms with Crippen LogP contribution in [0.4, 0.5) is 11.4 Å². The molecule has 0 spiro atoms. The molecule has 0 unspecified atom stereocenters. The second-order valence-corrected chi connectivity index (χ2v) is 12.8. The molecule has 0 aliphatic carbocycles. The number of amides is 5. The molecule has 1 aliphatic rings. The van der Waals surface area contributed by atoms with Crippen molar-refractivity contribution >= 4 is 52.4 Å². The van der Waals surface area contributed by atoms with Crippen LogP contribution in [0.3, 0.4) is 0 Å². The monoisotopic (exact) mass is 699 g/mol. The van der Waals surface area contributed by atoms with Crippen LogP contribution in [0.2, 0.25) is 0 Å². The second kappa shape index (κ2) is 16.7. The Morgan fingerprint density at radius 3 is 2.31 bits per heavy atom. The predicted molar refractivity (Wildman–Crippen MR) is 199 cm³/mol. The van der Waals surface area contributed by atoms with Gasteiger partial charge in [0.05, 0.1) is 13.0 Å². The molecule has 0 bridgehead atoms. The molecule has 5 amide bonds. The summed E-state index contributed by atoms with van der Waals surface area (Å²) in [5, 5.41) is 9.23. The number of anilines is 2. The van der Waals surface area contributed by atoms with Gasteiger partial charge in [0, 0.05) is 35.4 Å². The number of carbonyl (C=O) groups excluding carboxylic acids is 5. The van der Waals surface area contributed by atoms with E-state index in [1.807, 2.05) is 67.6 Å². The molecular formula is C41H41N5O6. The fourth-order valence-corrected chi connectivity index (χ4v) is 6.52. The van der Waals surface area contributed by atoms with Crippen molar-refractivity contribution < 1.29 is 28.4 Å². The van der Waals surface area contributed by atoms with E-state index in [1.165, 1.54) is 4.90 Å². The van der Waals surface area contributed by atoms with Crippen LogP contribution in [0.25, 0.3) is 22.3 Å². The number of nitrogens with zero attached hydrogens (tertiary/aromatic N) is 2. The molecule has 2 atom stereocenters. The lowest BCUT2D eigenvalue weighted by Crippen LogP contribution is -2.47. The summed E-state index contributed by atoms with van der Waals surface area (Å²) in [6, 6.07) is 31.4. The highest BCUT2D eigenvalue weighted by Gasteiger charge is 2.37. The lowest BCUT2D eigenvalue weighted by Gasteiger charge is -2.28. The van der Waals surface area contributed by atoms with Gasteiger partial charge in [0.2, 0.25) is 30.0 Å². The molecule has 0 saturated carbocycles. The van der Waals surface area contributed by atoms with E-state index >= 15 is 0 Å². The molecule has 5 aromatic rings. The zero-order valence-corrected chi connectivity index (χ0v) is 28.9. The zero-order chi connectivity index (χ0) is 36.5. The Bertz CT molecular complexity index is 2030. The van der Waals surface area contributed by atoms with Gasteiger partial charge in [-0.25, -0.2) is 0 Å². The molecule has 3 N–H and O–H groups in total. The van der Waals surface area contributed by atoms with Crippen molar-refractivity contribution in [3.63, 3.8) is 0 Å². The van der Waals surface area contributed by atoms with E-state index in [9.17, 15) is 24.0 Å². The number of rotatable bonds is 14. The Morgan fingerprint density at radius 1 is 0.885 bits per heavy atom. The molecule has 4 aromatic carbocycles. The van der Waals surface area contributed by atoms with Gasteiger partial charge in [-0.2, -0.15) is 0 Å². The Labute approximate surface area is 302 Å². The third kappa shape index (κ3) is 8.55. The van der Waals surface area contributed by atoms with Gasteiger partial charge in [0.25, 0.3) is 0 Å². The van der Waals surface area contributed by atoms with Gasteiger partial charge in [0.15, 0.2) is 0 Å². The summed E-state index contributed by atoms with van der Waals surface area (Å²) in [5.41, 5.74) is 4.13. The number of hydrogen-bond acceptors (Lipinski definition) is 6. The molecule has 0 radical (unpaired) electrons. The third-order valence-electron chi connectivity index (χ3n) is 9.07. The molecule has 1 fully saturated rings.